The summed E-state index contributed by atoms with van der Waals surface area (Å²) in [4.78, 5) is 16.4. The average Bonchev–Trinajstić information content (AvgIpc) is 3.35. The summed E-state index contributed by atoms with van der Waals surface area (Å²) < 4.78 is 2.13. The van der Waals surface area contributed by atoms with Crippen LogP contribution in [-0.2, 0) is 12.8 Å². The van der Waals surface area contributed by atoms with Gasteiger partial charge >= 0.3 is 0 Å². The summed E-state index contributed by atoms with van der Waals surface area (Å²) in [6.45, 7) is 0.834. The number of benzene rings is 2. The van der Waals surface area contributed by atoms with E-state index in [9.17, 15) is 4.79 Å². The number of likely N-dealkylation sites (tertiary alicyclic amines) is 1. The van der Waals surface area contributed by atoms with Crippen LogP contribution in [0.5, 0.6) is 0 Å². The fourth-order valence-corrected chi connectivity index (χ4v) is 4.61. The summed E-state index contributed by atoms with van der Waals surface area (Å²) in [5.41, 5.74) is 3.24. The number of hydrogen-bond donors (Lipinski definition) is 0. The smallest absolute Gasteiger partial charge is 0.254 e. The number of thioether (sulfide) groups is 1. The SMILES string of the molecule is Cn1cccc1C1CCCN1C(=O)c1ccc(CSc2ccccc2)cc1. The van der Waals surface area contributed by atoms with Gasteiger partial charge in [0, 0.05) is 41.7 Å². The summed E-state index contributed by atoms with van der Waals surface area (Å²) in [5, 5.41) is 0. The van der Waals surface area contributed by atoms with Crippen molar-refractivity contribution in [3.8, 4) is 0 Å². The number of hydrogen-bond acceptors (Lipinski definition) is 2. The van der Waals surface area contributed by atoms with Crippen LogP contribution in [-0.4, -0.2) is 21.9 Å². The van der Waals surface area contributed by atoms with Gasteiger partial charge in [0.1, 0.15) is 0 Å². The molecule has 4 rings (SSSR count). The Hall–Kier alpha value is -2.46. The lowest BCUT2D eigenvalue weighted by Crippen LogP contribution is -2.31. The van der Waals surface area contributed by atoms with Crippen molar-refractivity contribution in [1.82, 2.24) is 9.47 Å². The third-order valence-electron chi connectivity index (χ3n) is 5.19. The molecule has 27 heavy (non-hydrogen) atoms. The van der Waals surface area contributed by atoms with Crippen molar-refractivity contribution < 1.29 is 4.79 Å². The predicted molar refractivity (Wildman–Crippen MR) is 111 cm³/mol. The van der Waals surface area contributed by atoms with Crippen LogP contribution in [0.1, 0.15) is 40.5 Å². The zero-order chi connectivity index (χ0) is 18.6. The molecule has 1 fully saturated rings. The number of carbonyl (C=O) groups is 1. The Morgan fingerprint density at radius 1 is 1.04 bits per heavy atom. The molecule has 1 atom stereocenters. The largest absolute Gasteiger partial charge is 0.353 e. The van der Waals surface area contributed by atoms with Crippen molar-refractivity contribution >= 4 is 17.7 Å². The van der Waals surface area contributed by atoms with Gasteiger partial charge in [0.2, 0.25) is 0 Å². The van der Waals surface area contributed by atoms with E-state index in [0.29, 0.717) is 0 Å². The topological polar surface area (TPSA) is 25.2 Å². The Morgan fingerprint density at radius 2 is 1.81 bits per heavy atom. The van der Waals surface area contributed by atoms with Crippen LogP contribution in [0, 0.1) is 0 Å². The Labute approximate surface area is 165 Å². The summed E-state index contributed by atoms with van der Waals surface area (Å²) in [7, 11) is 2.05. The van der Waals surface area contributed by atoms with Crippen molar-refractivity contribution in [2.45, 2.75) is 29.5 Å². The van der Waals surface area contributed by atoms with Gasteiger partial charge in [-0.25, -0.2) is 0 Å². The van der Waals surface area contributed by atoms with E-state index in [2.05, 4.69) is 66.3 Å². The lowest BCUT2D eigenvalue weighted by atomic mass is 10.1. The van der Waals surface area contributed by atoms with E-state index in [0.717, 1.165) is 30.7 Å². The predicted octanol–water partition coefficient (Wildman–Crippen LogP) is 5.29. The van der Waals surface area contributed by atoms with Crippen LogP contribution in [0.2, 0.25) is 0 Å². The number of aromatic nitrogens is 1. The zero-order valence-corrected chi connectivity index (χ0v) is 16.4. The molecule has 1 unspecified atom stereocenters. The molecule has 0 radical (unpaired) electrons. The van der Waals surface area contributed by atoms with E-state index < -0.39 is 0 Å². The molecule has 0 bridgehead atoms. The lowest BCUT2D eigenvalue weighted by Gasteiger charge is -2.25. The van der Waals surface area contributed by atoms with E-state index in [1.165, 1.54) is 16.2 Å². The summed E-state index contributed by atoms with van der Waals surface area (Å²) >= 11 is 1.82. The molecule has 3 aromatic rings. The Morgan fingerprint density at radius 3 is 2.52 bits per heavy atom. The Kier molecular flexibility index (Phi) is 5.35. The molecule has 0 N–H and O–H groups in total. The molecule has 2 heterocycles. The van der Waals surface area contributed by atoms with Crippen molar-refractivity contribution in [3.05, 3.63) is 89.7 Å². The molecule has 138 valence electrons. The third-order valence-corrected chi connectivity index (χ3v) is 6.27. The molecule has 3 nitrogen and oxygen atoms in total. The van der Waals surface area contributed by atoms with Crippen LogP contribution in [0.3, 0.4) is 0 Å². The van der Waals surface area contributed by atoms with E-state index in [4.69, 9.17) is 0 Å². The molecule has 0 aliphatic carbocycles. The quantitative estimate of drug-likeness (QED) is 0.565. The molecule has 1 aliphatic rings. The van der Waals surface area contributed by atoms with E-state index in [-0.39, 0.29) is 11.9 Å². The van der Waals surface area contributed by atoms with E-state index in [1.54, 1.807) is 0 Å². The molecule has 0 saturated carbocycles. The standard InChI is InChI=1S/C23H24N2OS/c1-24-15-5-9-21(24)22-10-6-16-25(22)23(26)19-13-11-18(12-14-19)17-27-20-7-3-2-4-8-20/h2-5,7-9,11-15,22H,6,10,16-17H2,1H3. The highest BCUT2D eigenvalue weighted by Crippen LogP contribution is 2.33. The first kappa shape index (κ1) is 17.9. The molecule has 2 aromatic carbocycles. The maximum absolute atomic E-state index is 13.1. The third kappa shape index (κ3) is 3.96. The van der Waals surface area contributed by atoms with Gasteiger partial charge < -0.3 is 9.47 Å². The van der Waals surface area contributed by atoms with Gasteiger partial charge in [-0.15, -0.1) is 11.8 Å². The Balaban J connectivity index is 1.43. The zero-order valence-electron chi connectivity index (χ0n) is 15.5. The van der Waals surface area contributed by atoms with Crippen molar-refractivity contribution in [3.63, 3.8) is 0 Å². The molecule has 1 aliphatic heterocycles. The molecule has 4 heteroatoms. The van der Waals surface area contributed by atoms with Crippen LogP contribution in [0.4, 0.5) is 0 Å². The number of rotatable bonds is 5. The highest BCUT2D eigenvalue weighted by atomic mass is 32.2. The van der Waals surface area contributed by atoms with E-state index >= 15 is 0 Å². The summed E-state index contributed by atoms with van der Waals surface area (Å²) in [5.74, 6) is 1.05. The molecule has 0 spiro atoms. The second-order valence-corrected chi connectivity index (χ2v) is 8.05. The minimum Gasteiger partial charge on any atom is -0.353 e. The number of carbonyl (C=O) groups excluding carboxylic acids is 1. The number of nitrogens with zero attached hydrogens (tertiary/aromatic N) is 2. The average molecular weight is 377 g/mol. The molecular formula is C23H24N2OS. The normalized spacial score (nSPS) is 16.6. The Bertz CT molecular complexity index is 902. The minimum atomic E-state index is 0.140. The maximum atomic E-state index is 13.1. The van der Waals surface area contributed by atoms with Gasteiger partial charge in [-0.3, -0.25) is 4.79 Å². The minimum absolute atomic E-state index is 0.140. The fourth-order valence-electron chi connectivity index (χ4n) is 3.73. The molecule has 1 aromatic heterocycles. The van der Waals surface area contributed by atoms with Crippen LogP contribution < -0.4 is 0 Å². The highest BCUT2D eigenvalue weighted by molar-refractivity contribution is 7.98. The molecule has 1 amide bonds. The monoisotopic (exact) mass is 376 g/mol. The fraction of sp³-hybridized carbons (Fsp3) is 0.261. The van der Waals surface area contributed by atoms with Gasteiger partial charge in [-0.1, -0.05) is 30.3 Å². The number of aryl methyl sites for hydroxylation is 1. The van der Waals surface area contributed by atoms with Gasteiger partial charge in [0.25, 0.3) is 5.91 Å². The first-order chi connectivity index (χ1) is 13.2. The van der Waals surface area contributed by atoms with Crippen LogP contribution >= 0.6 is 11.8 Å². The van der Waals surface area contributed by atoms with Gasteiger partial charge in [-0.05, 0) is 54.8 Å². The first-order valence-electron chi connectivity index (χ1n) is 9.41. The second-order valence-electron chi connectivity index (χ2n) is 7.00. The van der Waals surface area contributed by atoms with E-state index in [1.807, 2.05) is 34.9 Å². The van der Waals surface area contributed by atoms with Crippen LogP contribution in [0.25, 0.3) is 0 Å². The molecular weight excluding hydrogens is 352 g/mol. The number of amides is 1. The summed E-state index contributed by atoms with van der Waals surface area (Å²) in [6.07, 6.45) is 4.15. The summed E-state index contributed by atoms with van der Waals surface area (Å²) in [6, 6.07) is 22.9. The molecule has 1 saturated heterocycles. The van der Waals surface area contributed by atoms with Crippen molar-refractivity contribution in [1.29, 1.82) is 0 Å². The maximum Gasteiger partial charge on any atom is 0.254 e. The van der Waals surface area contributed by atoms with Crippen molar-refractivity contribution in [2.24, 2.45) is 7.05 Å². The van der Waals surface area contributed by atoms with Crippen LogP contribution in [0.15, 0.2) is 77.8 Å². The van der Waals surface area contributed by atoms with Gasteiger partial charge in [-0.2, -0.15) is 0 Å². The lowest BCUT2D eigenvalue weighted by molar-refractivity contribution is 0.0731. The first-order valence-corrected chi connectivity index (χ1v) is 10.4. The van der Waals surface area contributed by atoms with Gasteiger partial charge in [0.15, 0.2) is 0 Å². The van der Waals surface area contributed by atoms with Crippen molar-refractivity contribution in [2.75, 3.05) is 6.54 Å². The van der Waals surface area contributed by atoms with Gasteiger partial charge in [0.05, 0.1) is 6.04 Å². The second kappa shape index (κ2) is 8.05. The highest BCUT2D eigenvalue weighted by Gasteiger charge is 2.31.